The molecule has 0 spiro atoms. The summed E-state index contributed by atoms with van der Waals surface area (Å²) in [5.41, 5.74) is 2.72. The van der Waals surface area contributed by atoms with Crippen LogP contribution in [0, 0.1) is 13.8 Å². The number of ether oxygens (including phenoxy) is 1. The molecule has 0 atom stereocenters. The lowest BCUT2D eigenvalue weighted by atomic mass is 10.1. The first-order valence-corrected chi connectivity index (χ1v) is 6.02. The van der Waals surface area contributed by atoms with Crippen molar-refractivity contribution in [2.24, 2.45) is 0 Å². The molecule has 0 aromatic carbocycles. The molecule has 1 aliphatic rings. The predicted molar refractivity (Wildman–Crippen MR) is 65.1 cm³/mol. The van der Waals surface area contributed by atoms with Gasteiger partial charge in [0, 0.05) is 36.8 Å². The Labute approximate surface area is 106 Å². The van der Waals surface area contributed by atoms with Crippen LogP contribution in [0.4, 0.5) is 8.78 Å². The van der Waals surface area contributed by atoms with Crippen molar-refractivity contribution in [1.29, 1.82) is 0 Å². The zero-order valence-electron chi connectivity index (χ0n) is 11.0. The number of alkyl halides is 2. The Morgan fingerprint density at radius 2 is 2.17 bits per heavy atom. The lowest BCUT2D eigenvalue weighted by Crippen LogP contribution is -2.25. The van der Waals surface area contributed by atoms with Gasteiger partial charge in [-0.15, -0.1) is 0 Å². The molecule has 5 heteroatoms. The molecule has 0 aliphatic carbocycles. The molecule has 1 aliphatic heterocycles. The molecule has 0 unspecified atom stereocenters. The second-order valence-electron chi connectivity index (χ2n) is 4.86. The van der Waals surface area contributed by atoms with Crippen LogP contribution in [0.2, 0.25) is 0 Å². The number of rotatable bonds is 3. The number of halogens is 2. The Morgan fingerprint density at radius 1 is 1.44 bits per heavy atom. The van der Waals surface area contributed by atoms with Crippen LogP contribution in [-0.4, -0.2) is 36.0 Å². The van der Waals surface area contributed by atoms with Crippen molar-refractivity contribution < 1.29 is 13.5 Å². The van der Waals surface area contributed by atoms with Gasteiger partial charge in [-0.05, 0) is 13.8 Å². The Morgan fingerprint density at radius 3 is 2.72 bits per heavy atom. The van der Waals surface area contributed by atoms with Crippen molar-refractivity contribution >= 4 is 0 Å². The molecule has 0 radical (unpaired) electrons. The van der Waals surface area contributed by atoms with Gasteiger partial charge in [-0.2, -0.15) is 0 Å². The van der Waals surface area contributed by atoms with E-state index in [2.05, 4.69) is 4.98 Å². The van der Waals surface area contributed by atoms with Crippen molar-refractivity contribution in [3.63, 3.8) is 0 Å². The number of aryl methyl sites for hydroxylation is 1. The zero-order chi connectivity index (χ0) is 13.3. The van der Waals surface area contributed by atoms with E-state index in [1.807, 2.05) is 13.8 Å². The molecule has 0 saturated carbocycles. The van der Waals surface area contributed by atoms with Gasteiger partial charge >= 0.3 is 0 Å². The van der Waals surface area contributed by atoms with E-state index >= 15 is 0 Å². The lowest BCUT2D eigenvalue weighted by Gasteiger charge is -2.18. The van der Waals surface area contributed by atoms with Gasteiger partial charge in [-0.25, -0.2) is 8.78 Å². The van der Waals surface area contributed by atoms with Crippen LogP contribution in [0.1, 0.15) is 23.2 Å². The van der Waals surface area contributed by atoms with E-state index in [1.165, 1.54) is 0 Å². The summed E-state index contributed by atoms with van der Waals surface area (Å²) in [4.78, 5) is 6.07. The van der Waals surface area contributed by atoms with Crippen LogP contribution in [0.25, 0.3) is 0 Å². The Hall–Kier alpha value is -1.23. The van der Waals surface area contributed by atoms with Gasteiger partial charge in [0.1, 0.15) is 5.75 Å². The number of likely N-dealkylation sites (tertiary alicyclic amines) is 1. The molecule has 0 bridgehead atoms. The third kappa shape index (κ3) is 2.61. The first-order valence-electron chi connectivity index (χ1n) is 6.02. The van der Waals surface area contributed by atoms with Crippen LogP contribution >= 0.6 is 0 Å². The fourth-order valence-corrected chi connectivity index (χ4v) is 2.38. The van der Waals surface area contributed by atoms with Gasteiger partial charge < -0.3 is 4.74 Å². The molecule has 2 rings (SSSR count). The zero-order valence-corrected chi connectivity index (χ0v) is 11.0. The number of pyridine rings is 1. The second-order valence-corrected chi connectivity index (χ2v) is 4.86. The topological polar surface area (TPSA) is 25.4 Å². The van der Waals surface area contributed by atoms with Crippen LogP contribution in [0.5, 0.6) is 5.75 Å². The first kappa shape index (κ1) is 13.2. The molecule has 3 nitrogen and oxygen atoms in total. The fourth-order valence-electron chi connectivity index (χ4n) is 2.38. The Bertz CT molecular complexity index is 449. The third-order valence-corrected chi connectivity index (χ3v) is 3.37. The Balaban J connectivity index is 2.15. The van der Waals surface area contributed by atoms with Gasteiger partial charge in [-0.3, -0.25) is 9.88 Å². The molecule has 1 fully saturated rings. The summed E-state index contributed by atoms with van der Waals surface area (Å²) in [6.07, 6.45) is 1.67. The van der Waals surface area contributed by atoms with Gasteiger partial charge in [0.05, 0.1) is 19.3 Å². The summed E-state index contributed by atoms with van der Waals surface area (Å²) in [6.45, 7) is 4.54. The summed E-state index contributed by atoms with van der Waals surface area (Å²) in [7, 11) is 1.61. The van der Waals surface area contributed by atoms with E-state index in [9.17, 15) is 8.78 Å². The summed E-state index contributed by atoms with van der Waals surface area (Å²) in [5.74, 6) is -1.76. The summed E-state index contributed by atoms with van der Waals surface area (Å²) >= 11 is 0. The van der Waals surface area contributed by atoms with Crippen LogP contribution in [-0.2, 0) is 6.54 Å². The van der Waals surface area contributed by atoms with Crippen molar-refractivity contribution in [2.75, 3.05) is 20.2 Å². The van der Waals surface area contributed by atoms with Gasteiger partial charge in [0.25, 0.3) is 5.92 Å². The fraction of sp³-hybridized carbons (Fsp3) is 0.615. The number of aromatic nitrogens is 1. The maximum atomic E-state index is 13.1. The molecule has 0 amide bonds. The molecule has 1 saturated heterocycles. The van der Waals surface area contributed by atoms with E-state index in [0.29, 0.717) is 13.1 Å². The van der Waals surface area contributed by atoms with Gasteiger partial charge in [-0.1, -0.05) is 0 Å². The number of methoxy groups -OCH3 is 1. The summed E-state index contributed by atoms with van der Waals surface area (Å²) in [5, 5.41) is 0. The van der Waals surface area contributed by atoms with E-state index in [1.54, 1.807) is 18.2 Å². The molecular weight excluding hydrogens is 238 g/mol. The summed E-state index contributed by atoms with van der Waals surface area (Å²) < 4.78 is 31.6. The number of hydrogen-bond acceptors (Lipinski definition) is 3. The van der Waals surface area contributed by atoms with E-state index in [0.717, 1.165) is 22.6 Å². The third-order valence-electron chi connectivity index (χ3n) is 3.37. The minimum atomic E-state index is -2.55. The molecular formula is C13H18F2N2O. The minimum Gasteiger partial charge on any atom is -0.496 e. The monoisotopic (exact) mass is 256 g/mol. The Kier molecular flexibility index (Phi) is 3.52. The van der Waals surface area contributed by atoms with Crippen molar-refractivity contribution in [3.05, 3.63) is 23.0 Å². The molecule has 1 aromatic heterocycles. The summed E-state index contributed by atoms with van der Waals surface area (Å²) in [6, 6.07) is 0. The highest BCUT2D eigenvalue weighted by atomic mass is 19.3. The largest absolute Gasteiger partial charge is 0.496 e. The van der Waals surface area contributed by atoms with Crippen LogP contribution in [0.3, 0.4) is 0 Å². The molecule has 100 valence electrons. The van der Waals surface area contributed by atoms with Gasteiger partial charge in [0.2, 0.25) is 0 Å². The van der Waals surface area contributed by atoms with E-state index in [4.69, 9.17) is 4.74 Å². The highest BCUT2D eigenvalue weighted by molar-refractivity contribution is 5.41. The smallest absolute Gasteiger partial charge is 0.261 e. The first-order chi connectivity index (χ1) is 8.43. The molecule has 0 N–H and O–H groups in total. The van der Waals surface area contributed by atoms with Gasteiger partial charge in [0.15, 0.2) is 0 Å². The normalized spacial score (nSPS) is 19.2. The van der Waals surface area contributed by atoms with Crippen molar-refractivity contribution in [3.8, 4) is 5.75 Å². The highest BCUT2D eigenvalue weighted by Crippen LogP contribution is 2.30. The average Bonchev–Trinajstić information content (AvgIpc) is 2.63. The number of hydrogen-bond donors (Lipinski definition) is 0. The van der Waals surface area contributed by atoms with Crippen LogP contribution in [0.15, 0.2) is 6.20 Å². The van der Waals surface area contributed by atoms with Crippen molar-refractivity contribution in [2.45, 2.75) is 32.7 Å². The molecule has 18 heavy (non-hydrogen) atoms. The quantitative estimate of drug-likeness (QED) is 0.831. The SMILES string of the molecule is COc1c(C)cnc(CN2CCC(F)(F)C2)c1C. The highest BCUT2D eigenvalue weighted by Gasteiger charge is 2.38. The lowest BCUT2D eigenvalue weighted by molar-refractivity contribution is 0.0114. The predicted octanol–water partition coefficient (Wildman–Crippen LogP) is 2.55. The average molecular weight is 256 g/mol. The maximum Gasteiger partial charge on any atom is 0.261 e. The maximum absolute atomic E-state index is 13.1. The molecule has 1 aromatic rings. The van der Waals surface area contributed by atoms with Crippen molar-refractivity contribution in [1.82, 2.24) is 9.88 Å². The van der Waals surface area contributed by atoms with Crippen LogP contribution < -0.4 is 4.74 Å². The van der Waals surface area contributed by atoms with E-state index in [-0.39, 0.29) is 13.0 Å². The molecule has 2 heterocycles. The van der Waals surface area contributed by atoms with E-state index < -0.39 is 5.92 Å². The second kappa shape index (κ2) is 4.80. The minimum absolute atomic E-state index is 0.0605. The standard InChI is InChI=1S/C13H18F2N2O/c1-9-6-16-11(10(2)12(9)18-3)7-17-5-4-13(14,15)8-17/h6H,4-5,7-8H2,1-3H3. The number of nitrogens with zero attached hydrogens (tertiary/aromatic N) is 2.